The highest BCUT2D eigenvalue weighted by Crippen LogP contribution is 2.22. The molecule has 27 heavy (non-hydrogen) atoms. The van der Waals surface area contributed by atoms with E-state index in [1.54, 1.807) is 13.2 Å². The van der Waals surface area contributed by atoms with E-state index in [0.29, 0.717) is 25.0 Å². The van der Waals surface area contributed by atoms with Crippen LogP contribution >= 0.6 is 0 Å². The van der Waals surface area contributed by atoms with Gasteiger partial charge in [0, 0.05) is 44.7 Å². The molecule has 0 spiro atoms. The maximum atomic E-state index is 11.9. The summed E-state index contributed by atoms with van der Waals surface area (Å²) in [7, 11) is 1.79. The maximum Gasteiger partial charge on any atom is 0.234 e. The summed E-state index contributed by atoms with van der Waals surface area (Å²) in [6.07, 6.45) is 4.05. The number of oxazole rings is 1. The Morgan fingerprint density at radius 1 is 1.30 bits per heavy atom. The molecule has 2 fully saturated rings. The third-order valence-electron chi connectivity index (χ3n) is 4.88. The molecule has 8 nitrogen and oxygen atoms in total. The molecule has 1 aromatic heterocycles. The summed E-state index contributed by atoms with van der Waals surface area (Å²) in [5.41, 5.74) is -0.0466. The molecule has 2 N–H and O–H groups in total. The number of carbonyl (C=O) groups excluding carboxylic acids is 1. The Morgan fingerprint density at radius 2 is 2.00 bits per heavy atom. The molecule has 0 aromatic carbocycles. The van der Waals surface area contributed by atoms with Gasteiger partial charge in [-0.15, -0.1) is 0 Å². The van der Waals surface area contributed by atoms with E-state index in [9.17, 15) is 4.79 Å². The zero-order valence-corrected chi connectivity index (χ0v) is 16.9. The smallest absolute Gasteiger partial charge is 0.234 e. The predicted molar refractivity (Wildman–Crippen MR) is 105 cm³/mol. The Hall–Kier alpha value is -2.09. The van der Waals surface area contributed by atoms with Crippen LogP contribution in [0.5, 0.6) is 0 Å². The molecule has 2 heterocycles. The van der Waals surface area contributed by atoms with E-state index in [0.717, 1.165) is 50.7 Å². The van der Waals surface area contributed by atoms with Gasteiger partial charge in [0.1, 0.15) is 5.76 Å². The first-order valence-corrected chi connectivity index (χ1v) is 9.77. The van der Waals surface area contributed by atoms with Crippen molar-refractivity contribution in [3.05, 3.63) is 17.8 Å². The molecule has 0 atom stereocenters. The number of hydrogen-bond acceptors (Lipinski definition) is 5. The summed E-state index contributed by atoms with van der Waals surface area (Å²) < 4.78 is 5.83. The normalized spacial score (nSPS) is 19.3. The minimum atomic E-state index is -0.0466. The van der Waals surface area contributed by atoms with Crippen LogP contribution in [0.4, 0.5) is 0 Å². The van der Waals surface area contributed by atoms with Crippen LogP contribution < -0.4 is 10.6 Å². The molecule has 1 amide bonds. The van der Waals surface area contributed by atoms with Crippen molar-refractivity contribution in [1.29, 1.82) is 0 Å². The predicted octanol–water partition coefficient (Wildman–Crippen LogP) is 0.944. The number of hydrogen-bond donors (Lipinski definition) is 2. The highest BCUT2D eigenvalue weighted by Gasteiger charge is 2.26. The zero-order valence-electron chi connectivity index (χ0n) is 16.9. The van der Waals surface area contributed by atoms with E-state index in [-0.39, 0.29) is 11.3 Å². The molecule has 0 unspecified atom stereocenters. The maximum absolute atomic E-state index is 11.9. The van der Waals surface area contributed by atoms with Gasteiger partial charge in [0.15, 0.2) is 5.96 Å². The van der Waals surface area contributed by atoms with Crippen molar-refractivity contribution in [1.82, 2.24) is 25.4 Å². The third kappa shape index (κ3) is 5.69. The van der Waals surface area contributed by atoms with Crippen molar-refractivity contribution < 1.29 is 9.21 Å². The number of piperazine rings is 1. The molecule has 2 aliphatic rings. The first-order valence-electron chi connectivity index (χ1n) is 9.77. The first-order chi connectivity index (χ1) is 12.8. The SMILES string of the molecule is CN=C(NCc1ncc(C(C)(C)C)o1)N1CCN(CC(=O)NC2CC2)CC1. The van der Waals surface area contributed by atoms with E-state index in [2.05, 4.69) is 51.2 Å². The lowest BCUT2D eigenvalue weighted by atomic mass is 9.94. The van der Waals surface area contributed by atoms with Crippen molar-refractivity contribution in [2.75, 3.05) is 39.8 Å². The fourth-order valence-corrected chi connectivity index (χ4v) is 3.05. The van der Waals surface area contributed by atoms with Crippen LogP contribution in [-0.2, 0) is 16.8 Å². The standard InChI is InChI=1S/C19H32N6O2/c1-19(2,3)15-11-21-17(27-15)12-22-18(20-4)25-9-7-24(8-10-25)13-16(26)23-14-5-6-14/h11,14H,5-10,12-13H2,1-4H3,(H,20,22)(H,23,26). The van der Waals surface area contributed by atoms with Gasteiger partial charge < -0.3 is 20.0 Å². The molecule has 1 saturated carbocycles. The Morgan fingerprint density at radius 3 is 2.56 bits per heavy atom. The van der Waals surface area contributed by atoms with E-state index >= 15 is 0 Å². The Bertz CT molecular complexity index is 666. The second-order valence-electron chi connectivity index (χ2n) is 8.37. The van der Waals surface area contributed by atoms with Crippen LogP contribution in [-0.4, -0.2) is 72.5 Å². The lowest BCUT2D eigenvalue weighted by Gasteiger charge is -2.36. The molecule has 150 valence electrons. The fraction of sp³-hybridized carbons (Fsp3) is 0.737. The summed E-state index contributed by atoms with van der Waals surface area (Å²) in [4.78, 5) is 25.1. The van der Waals surface area contributed by atoms with Crippen LogP contribution in [0.25, 0.3) is 0 Å². The number of carbonyl (C=O) groups is 1. The van der Waals surface area contributed by atoms with Crippen LogP contribution in [0.3, 0.4) is 0 Å². The Kier molecular flexibility index (Phi) is 6.04. The average Bonchev–Trinajstić information content (AvgIpc) is 3.28. The first kappa shape index (κ1) is 19.7. The fourth-order valence-electron chi connectivity index (χ4n) is 3.05. The average molecular weight is 377 g/mol. The summed E-state index contributed by atoms with van der Waals surface area (Å²) in [5.74, 6) is 2.53. The van der Waals surface area contributed by atoms with Crippen molar-refractivity contribution in [2.45, 2.75) is 51.6 Å². The van der Waals surface area contributed by atoms with Gasteiger partial charge in [-0.2, -0.15) is 0 Å². The van der Waals surface area contributed by atoms with Gasteiger partial charge in [-0.25, -0.2) is 4.98 Å². The molecule has 1 aliphatic carbocycles. The van der Waals surface area contributed by atoms with Crippen LogP contribution in [0.2, 0.25) is 0 Å². The molecule has 8 heteroatoms. The minimum absolute atomic E-state index is 0.0466. The molecular weight excluding hydrogens is 344 g/mol. The summed E-state index contributed by atoms with van der Waals surface area (Å²) >= 11 is 0. The number of guanidine groups is 1. The molecular formula is C19H32N6O2. The highest BCUT2D eigenvalue weighted by atomic mass is 16.4. The number of aromatic nitrogens is 1. The topological polar surface area (TPSA) is 86.0 Å². The summed E-state index contributed by atoms with van der Waals surface area (Å²) in [6, 6.07) is 0.427. The minimum Gasteiger partial charge on any atom is -0.443 e. The third-order valence-corrected chi connectivity index (χ3v) is 4.88. The molecule has 1 aromatic rings. The van der Waals surface area contributed by atoms with Crippen molar-refractivity contribution in [3.63, 3.8) is 0 Å². The van der Waals surface area contributed by atoms with E-state index in [1.165, 1.54) is 0 Å². The van der Waals surface area contributed by atoms with Gasteiger partial charge in [0.25, 0.3) is 0 Å². The quantitative estimate of drug-likeness (QED) is 0.588. The molecule has 1 saturated heterocycles. The largest absolute Gasteiger partial charge is 0.443 e. The van der Waals surface area contributed by atoms with Crippen LogP contribution in [0.1, 0.15) is 45.3 Å². The Balaban J connectivity index is 1.43. The van der Waals surface area contributed by atoms with Crippen LogP contribution in [0.15, 0.2) is 15.6 Å². The number of rotatable bonds is 5. The zero-order chi connectivity index (χ0) is 19.4. The van der Waals surface area contributed by atoms with Gasteiger partial charge in [0.05, 0.1) is 19.3 Å². The van der Waals surface area contributed by atoms with E-state index in [1.807, 2.05) is 0 Å². The van der Waals surface area contributed by atoms with Gasteiger partial charge in [0.2, 0.25) is 11.8 Å². The molecule has 3 rings (SSSR count). The van der Waals surface area contributed by atoms with Crippen molar-refractivity contribution >= 4 is 11.9 Å². The summed E-state index contributed by atoms with van der Waals surface area (Å²) in [5, 5.41) is 6.38. The Labute approximate surface area is 161 Å². The highest BCUT2D eigenvalue weighted by molar-refractivity contribution is 5.80. The van der Waals surface area contributed by atoms with Gasteiger partial charge >= 0.3 is 0 Å². The second-order valence-corrected chi connectivity index (χ2v) is 8.37. The van der Waals surface area contributed by atoms with E-state index in [4.69, 9.17) is 4.42 Å². The number of aliphatic imine (C=N–C) groups is 1. The van der Waals surface area contributed by atoms with Gasteiger partial charge in [-0.1, -0.05) is 20.8 Å². The number of nitrogens with one attached hydrogen (secondary N) is 2. The monoisotopic (exact) mass is 376 g/mol. The number of amides is 1. The second kappa shape index (κ2) is 8.29. The lowest BCUT2D eigenvalue weighted by molar-refractivity contribution is -0.122. The molecule has 1 aliphatic heterocycles. The molecule has 0 radical (unpaired) electrons. The van der Waals surface area contributed by atoms with Gasteiger partial charge in [-0.3, -0.25) is 14.7 Å². The van der Waals surface area contributed by atoms with Crippen LogP contribution in [0, 0.1) is 0 Å². The van der Waals surface area contributed by atoms with Crippen molar-refractivity contribution in [2.24, 2.45) is 4.99 Å². The molecule has 0 bridgehead atoms. The summed E-state index contributed by atoms with van der Waals surface area (Å²) in [6.45, 7) is 10.7. The number of nitrogens with zero attached hydrogens (tertiary/aromatic N) is 4. The van der Waals surface area contributed by atoms with Gasteiger partial charge in [-0.05, 0) is 12.8 Å². The van der Waals surface area contributed by atoms with Crippen molar-refractivity contribution in [3.8, 4) is 0 Å². The lowest BCUT2D eigenvalue weighted by Crippen LogP contribution is -2.54. The van der Waals surface area contributed by atoms with E-state index < -0.39 is 0 Å².